The molecule has 0 aliphatic rings. The molecular formula is C24H22N2O5S2. The van der Waals surface area contributed by atoms with Crippen molar-refractivity contribution in [2.24, 2.45) is 0 Å². The van der Waals surface area contributed by atoms with Gasteiger partial charge in [0.25, 0.3) is 10.7 Å². The molecule has 0 amide bonds. The predicted octanol–water partition coefficient (Wildman–Crippen LogP) is 5.19. The predicted molar refractivity (Wildman–Crippen MR) is 129 cm³/mol. The summed E-state index contributed by atoms with van der Waals surface area (Å²) in [7, 11) is -4.27. The first-order valence-electron chi connectivity index (χ1n) is 10.1. The highest BCUT2D eigenvalue weighted by atomic mass is 32.2. The van der Waals surface area contributed by atoms with Gasteiger partial charge in [0, 0.05) is 24.3 Å². The average molecular weight is 483 g/mol. The smallest absolute Gasteiger partial charge is 0.269 e. The van der Waals surface area contributed by atoms with Crippen LogP contribution in [0.25, 0.3) is 22.4 Å². The number of rotatable bonds is 5. The number of para-hydroxylation sites is 1. The maximum Gasteiger partial charge on any atom is 0.269 e. The number of aryl methyl sites for hydroxylation is 2. The summed E-state index contributed by atoms with van der Waals surface area (Å²) >= 11 is 1.74. The quantitative estimate of drug-likeness (QED) is 0.169. The van der Waals surface area contributed by atoms with E-state index in [9.17, 15) is 23.1 Å². The molecule has 1 aromatic heterocycles. The van der Waals surface area contributed by atoms with Crippen LogP contribution in [-0.2, 0) is 16.7 Å². The molecule has 9 heteroatoms. The van der Waals surface area contributed by atoms with Gasteiger partial charge in [-0.25, -0.2) is 8.42 Å². The summed E-state index contributed by atoms with van der Waals surface area (Å²) in [5, 5.41) is 11.8. The zero-order valence-corrected chi connectivity index (χ0v) is 19.7. The molecule has 0 saturated carbocycles. The monoisotopic (exact) mass is 482 g/mol. The fourth-order valence-electron chi connectivity index (χ4n) is 3.08. The minimum absolute atomic E-state index is 0.114. The van der Waals surface area contributed by atoms with E-state index in [4.69, 9.17) is 0 Å². The number of nitro benzene ring substituents is 1. The summed E-state index contributed by atoms with van der Waals surface area (Å²) < 4.78 is 34.7. The number of nitro groups is 1. The van der Waals surface area contributed by atoms with Crippen LogP contribution in [0.15, 0.2) is 77.7 Å². The Bertz CT molecular complexity index is 1390. The van der Waals surface area contributed by atoms with Crippen LogP contribution < -0.4 is 4.57 Å². The molecule has 0 N–H and O–H groups in total. The van der Waals surface area contributed by atoms with E-state index in [0.29, 0.717) is 0 Å². The molecule has 4 aromatic rings. The summed E-state index contributed by atoms with van der Waals surface area (Å²) in [6, 6.07) is 20.7. The summed E-state index contributed by atoms with van der Waals surface area (Å²) in [5.41, 5.74) is 3.23. The molecule has 4 rings (SSSR count). The molecule has 0 spiro atoms. The Hall–Kier alpha value is -3.40. The highest BCUT2D eigenvalue weighted by molar-refractivity contribution is 7.85. The van der Waals surface area contributed by atoms with E-state index in [1.165, 1.54) is 39.5 Å². The third-order valence-corrected chi connectivity index (χ3v) is 6.77. The zero-order chi connectivity index (χ0) is 24.0. The second-order valence-corrected chi connectivity index (χ2v) is 9.54. The lowest BCUT2D eigenvalue weighted by atomic mass is 10.2. The van der Waals surface area contributed by atoms with E-state index in [-0.39, 0.29) is 15.5 Å². The van der Waals surface area contributed by atoms with E-state index in [1.54, 1.807) is 35.6 Å². The molecule has 33 heavy (non-hydrogen) atoms. The lowest BCUT2D eigenvalue weighted by molar-refractivity contribution is -0.665. The second kappa shape index (κ2) is 10.5. The largest absolute Gasteiger partial charge is 0.744 e. The second-order valence-electron chi connectivity index (χ2n) is 7.10. The van der Waals surface area contributed by atoms with E-state index in [2.05, 4.69) is 29.7 Å². The summed E-state index contributed by atoms with van der Waals surface area (Å²) in [4.78, 5) is 10.1. The van der Waals surface area contributed by atoms with Crippen molar-refractivity contribution < 1.29 is 22.5 Å². The molecule has 0 atom stereocenters. The summed E-state index contributed by atoms with van der Waals surface area (Å²) in [6.45, 7) is 4.85. The molecule has 0 fully saturated rings. The van der Waals surface area contributed by atoms with Crippen molar-refractivity contribution >= 4 is 49.5 Å². The van der Waals surface area contributed by atoms with Crippen LogP contribution in [-0.4, -0.2) is 17.9 Å². The molecule has 1 heterocycles. The fraction of sp³-hybridized carbons (Fsp3) is 0.125. The van der Waals surface area contributed by atoms with Gasteiger partial charge in [0.2, 0.25) is 5.52 Å². The Balaban J connectivity index is 0.000000235. The molecule has 170 valence electrons. The van der Waals surface area contributed by atoms with E-state index in [1.807, 2.05) is 25.1 Å². The van der Waals surface area contributed by atoms with Crippen molar-refractivity contribution in [1.29, 1.82) is 0 Å². The van der Waals surface area contributed by atoms with Crippen molar-refractivity contribution in [2.75, 3.05) is 0 Å². The van der Waals surface area contributed by atoms with Gasteiger partial charge in [-0.3, -0.25) is 10.1 Å². The van der Waals surface area contributed by atoms with Crippen LogP contribution in [0.4, 0.5) is 5.69 Å². The van der Waals surface area contributed by atoms with Crippen LogP contribution in [0.1, 0.15) is 23.1 Å². The molecule has 3 aromatic carbocycles. The Morgan fingerprint density at radius 1 is 0.970 bits per heavy atom. The molecule has 7 nitrogen and oxygen atoms in total. The first kappa shape index (κ1) is 24.2. The van der Waals surface area contributed by atoms with Crippen molar-refractivity contribution in [1.82, 2.24) is 0 Å². The van der Waals surface area contributed by atoms with Gasteiger partial charge < -0.3 is 4.55 Å². The van der Waals surface area contributed by atoms with E-state index < -0.39 is 10.1 Å². The maximum atomic E-state index is 10.7. The number of nitrogens with zero attached hydrogens (tertiary/aromatic N) is 2. The van der Waals surface area contributed by atoms with Crippen LogP contribution in [0.5, 0.6) is 0 Å². The minimum atomic E-state index is -4.27. The van der Waals surface area contributed by atoms with Gasteiger partial charge in [0.05, 0.1) is 9.82 Å². The van der Waals surface area contributed by atoms with Crippen LogP contribution in [0.2, 0.25) is 0 Å². The summed E-state index contributed by atoms with van der Waals surface area (Å²) in [6.07, 6.45) is 4.05. The lowest BCUT2D eigenvalue weighted by Crippen LogP contribution is -2.33. The Morgan fingerprint density at radius 3 is 2.18 bits per heavy atom. The minimum Gasteiger partial charge on any atom is -0.744 e. The normalized spacial score (nSPS) is 11.4. The molecular weight excluding hydrogens is 460 g/mol. The topological polar surface area (TPSA) is 104 Å². The molecule has 0 saturated heterocycles. The highest BCUT2D eigenvalue weighted by Gasteiger charge is 2.15. The number of thiazole rings is 1. The Labute approximate surface area is 196 Å². The molecule has 0 bridgehead atoms. The summed E-state index contributed by atoms with van der Waals surface area (Å²) in [5.74, 6) is 0. The third-order valence-electron chi connectivity index (χ3n) is 4.78. The van der Waals surface area contributed by atoms with Crippen molar-refractivity contribution in [2.45, 2.75) is 25.3 Å². The van der Waals surface area contributed by atoms with Crippen molar-refractivity contribution in [3.63, 3.8) is 0 Å². The number of hydrogen-bond donors (Lipinski definition) is 0. The maximum absolute atomic E-state index is 10.7. The van der Waals surface area contributed by atoms with Gasteiger partial charge in [-0.15, -0.1) is 0 Å². The van der Waals surface area contributed by atoms with Gasteiger partial charge in [-0.1, -0.05) is 41.2 Å². The first-order valence-corrected chi connectivity index (χ1v) is 12.3. The van der Waals surface area contributed by atoms with Crippen molar-refractivity contribution in [3.8, 4) is 0 Å². The molecule has 0 aliphatic heterocycles. The van der Waals surface area contributed by atoms with E-state index >= 15 is 0 Å². The lowest BCUT2D eigenvalue weighted by Gasteiger charge is -2.05. The van der Waals surface area contributed by atoms with Gasteiger partial charge >= 0.3 is 0 Å². The van der Waals surface area contributed by atoms with Gasteiger partial charge in [-0.05, 0) is 55.8 Å². The number of non-ortho nitro benzene ring substituents is 1. The fourth-order valence-corrected chi connectivity index (χ4v) is 4.68. The highest BCUT2D eigenvalue weighted by Crippen LogP contribution is 2.22. The number of aromatic nitrogens is 1. The number of hydrogen-bond acceptors (Lipinski definition) is 6. The van der Waals surface area contributed by atoms with Crippen LogP contribution in [0, 0.1) is 17.0 Å². The third kappa shape index (κ3) is 6.32. The number of benzene rings is 3. The first-order chi connectivity index (χ1) is 15.7. The molecule has 0 aliphatic carbocycles. The Kier molecular flexibility index (Phi) is 7.70. The van der Waals surface area contributed by atoms with E-state index in [0.717, 1.165) is 17.7 Å². The van der Waals surface area contributed by atoms with Crippen LogP contribution in [0.3, 0.4) is 0 Å². The van der Waals surface area contributed by atoms with Gasteiger partial charge in [0.15, 0.2) is 0 Å². The number of fused-ring (bicyclic) bond motifs is 1. The molecule has 0 radical (unpaired) electrons. The van der Waals surface area contributed by atoms with Crippen LogP contribution >= 0.6 is 11.3 Å². The van der Waals surface area contributed by atoms with Crippen molar-refractivity contribution in [3.05, 3.63) is 99.0 Å². The zero-order valence-electron chi connectivity index (χ0n) is 18.0. The standard InChI is InChI=1S/C17H15N2O2S.C7H8O3S/c1-2-18-15-5-3-4-6-16(15)22-17(18)12-9-13-7-10-14(11-8-13)19(20)21;1-6-2-4-7(5-3-6)11(8,9)10/h3-12H,2H2,1H3;2-5H,1H3,(H,8,9,10)/q+1;/p-1. The Morgan fingerprint density at radius 2 is 1.61 bits per heavy atom. The van der Waals surface area contributed by atoms with Gasteiger partial charge in [-0.2, -0.15) is 4.57 Å². The average Bonchev–Trinajstić information content (AvgIpc) is 3.15. The molecule has 0 unspecified atom stereocenters. The van der Waals surface area contributed by atoms with Gasteiger partial charge in [0.1, 0.15) is 21.4 Å². The SMILES string of the molecule is CC[n+]1c(C=Cc2ccc([N+](=O)[O-])cc2)sc2ccccc21.Cc1ccc(S(=O)(=O)[O-])cc1.